The molecular weight excluding hydrogens is 219 g/mol. The van der Waals surface area contributed by atoms with Crippen LogP contribution in [0.4, 0.5) is 4.39 Å². The Bertz CT molecular complexity index is 340. The third-order valence-electron chi connectivity index (χ3n) is 2.98. The molecule has 1 aliphatic heterocycles. The first-order valence-corrected chi connectivity index (χ1v) is 6.24. The Kier molecular flexibility index (Phi) is 4.74. The van der Waals surface area contributed by atoms with Gasteiger partial charge < -0.3 is 10.1 Å². The number of hydrogen-bond donors (Lipinski definition) is 1. The molecule has 3 nitrogen and oxygen atoms in total. The molecule has 1 N–H and O–H groups in total. The Morgan fingerprint density at radius 3 is 3.18 bits per heavy atom. The molecule has 94 valence electrons. The lowest BCUT2D eigenvalue weighted by Crippen LogP contribution is -2.28. The zero-order valence-electron chi connectivity index (χ0n) is 9.99. The van der Waals surface area contributed by atoms with E-state index in [9.17, 15) is 4.39 Å². The number of hydrogen-bond acceptors (Lipinski definition) is 3. The summed E-state index contributed by atoms with van der Waals surface area (Å²) in [6.07, 6.45) is 7.17. The summed E-state index contributed by atoms with van der Waals surface area (Å²) < 4.78 is 17.8. The van der Waals surface area contributed by atoms with Gasteiger partial charge in [0.1, 0.15) is 12.4 Å². The summed E-state index contributed by atoms with van der Waals surface area (Å²) in [5, 5.41) is 3.38. The molecule has 0 saturated carbocycles. The van der Waals surface area contributed by atoms with Crippen molar-refractivity contribution in [1.82, 2.24) is 10.3 Å². The standard InChI is InChI=1S/C13H19FN2O/c14-5-1-3-11-7-13(9-15-8-11)17-10-12-4-2-6-16-12/h7-9,12,16H,1-6,10H2. The summed E-state index contributed by atoms with van der Waals surface area (Å²) in [5.74, 6) is 0.787. The maximum atomic E-state index is 12.1. The number of halogens is 1. The van der Waals surface area contributed by atoms with Crippen molar-refractivity contribution in [3.05, 3.63) is 24.0 Å². The van der Waals surface area contributed by atoms with Crippen LogP contribution in [0.3, 0.4) is 0 Å². The Morgan fingerprint density at radius 2 is 2.41 bits per heavy atom. The van der Waals surface area contributed by atoms with Crippen LogP contribution in [0.1, 0.15) is 24.8 Å². The molecule has 4 heteroatoms. The predicted molar refractivity (Wildman–Crippen MR) is 65.1 cm³/mol. The number of pyridine rings is 1. The number of nitrogens with one attached hydrogen (secondary N) is 1. The zero-order valence-corrected chi connectivity index (χ0v) is 9.99. The van der Waals surface area contributed by atoms with Crippen molar-refractivity contribution in [3.63, 3.8) is 0 Å². The molecule has 0 bridgehead atoms. The molecular formula is C13H19FN2O. The van der Waals surface area contributed by atoms with Crippen LogP contribution in [-0.2, 0) is 6.42 Å². The van der Waals surface area contributed by atoms with Crippen LogP contribution in [0.15, 0.2) is 18.5 Å². The van der Waals surface area contributed by atoms with Crippen LogP contribution in [0.2, 0.25) is 0 Å². The Hall–Kier alpha value is -1.16. The highest BCUT2D eigenvalue weighted by Gasteiger charge is 2.14. The smallest absolute Gasteiger partial charge is 0.137 e. The van der Waals surface area contributed by atoms with E-state index in [0.717, 1.165) is 24.3 Å². The molecule has 2 rings (SSSR count). The highest BCUT2D eigenvalue weighted by Crippen LogP contribution is 2.14. The van der Waals surface area contributed by atoms with Gasteiger partial charge in [-0.2, -0.15) is 0 Å². The van der Waals surface area contributed by atoms with Gasteiger partial charge in [0.2, 0.25) is 0 Å². The van der Waals surface area contributed by atoms with Crippen LogP contribution in [0, 0.1) is 0 Å². The maximum absolute atomic E-state index is 12.1. The number of ether oxygens (including phenoxy) is 1. The van der Waals surface area contributed by atoms with Crippen molar-refractivity contribution < 1.29 is 9.13 Å². The zero-order chi connectivity index (χ0) is 11.9. The first-order chi connectivity index (χ1) is 8.38. The first kappa shape index (κ1) is 12.3. The Labute approximate surface area is 101 Å². The van der Waals surface area contributed by atoms with E-state index in [4.69, 9.17) is 4.74 Å². The topological polar surface area (TPSA) is 34.1 Å². The Balaban J connectivity index is 1.82. The summed E-state index contributed by atoms with van der Waals surface area (Å²) in [6.45, 7) is 1.49. The van der Waals surface area contributed by atoms with E-state index < -0.39 is 0 Å². The summed E-state index contributed by atoms with van der Waals surface area (Å²) >= 11 is 0. The highest BCUT2D eigenvalue weighted by molar-refractivity contribution is 5.23. The number of alkyl halides is 1. The van der Waals surface area contributed by atoms with Gasteiger partial charge >= 0.3 is 0 Å². The molecule has 0 amide bonds. The molecule has 17 heavy (non-hydrogen) atoms. The van der Waals surface area contributed by atoms with Crippen molar-refractivity contribution in [1.29, 1.82) is 0 Å². The van der Waals surface area contributed by atoms with Crippen LogP contribution in [-0.4, -0.2) is 30.9 Å². The molecule has 1 unspecified atom stereocenters. The van der Waals surface area contributed by atoms with Gasteiger partial charge in [-0.1, -0.05) is 0 Å². The van der Waals surface area contributed by atoms with E-state index in [-0.39, 0.29) is 6.67 Å². The van der Waals surface area contributed by atoms with Crippen LogP contribution in [0.5, 0.6) is 5.75 Å². The SMILES string of the molecule is FCCCc1cncc(OCC2CCCN2)c1. The largest absolute Gasteiger partial charge is 0.490 e. The molecule has 1 aliphatic rings. The summed E-state index contributed by atoms with van der Waals surface area (Å²) in [6, 6.07) is 2.42. The van der Waals surface area contributed by atoms with E-state index in [0.29, 0.717) is 19.1 Å². The fourth-order valence-corrected chi connectivity index (χ4v) is 2.05. The number of aromatic nitrogens is 1. The molecule has 1 saturated heterocycles. The van der Waals surface area contributed by atoms with Gasteiger partial charge in [0, 0.05) is 12.2 Å². The van der Waals surface area contributed by atoms with Crippen LogP contribution >= 0.6 is 0 Å². The fourth-order valence-electron chi connectivity index (χ4n) is 2.05. The second kappa shape index (κ2) is 6.55. The van der Waals surface area contributed by atoms with Gasteiger partial charge in [0.25, 0.3) is 0 Å². The van der Waals surface area contributed by atoms with Gasteiger partial charge in [-0.3, -0.25) is 9.37 Å². The maximum Gasteiger partial charge on any atom is 0.137 e. The number of rotatable bonds is 6. The van der Waals surface area contributed by atoms with Crippen LogP contribution < -0.4 is 10.1 Å². The molecule has 1 aromatic rings. The lowest BCUT2D eigenvalue weighted by molar-refractivity contribution is 0.276. The van der Waals surface area contributed by atoms with Gasteiger partial charge in [0.15, 0.2) is 0 Å². The molecule has 0 aromatic carbocycles. The third-order valence-corrected chi connectivity index (χ3v) is 2.98. The van der Waals surface area contributed by atoms with Gasteiger partial charge in [-0.05, 0) is 43.9 Å². The molecule has 0 aliphatic carbocycles. The van der Waals surface area contributed by atoms with E-state index in [1.807, 2.05) is 6.07 Å². The van der Waals surface area contributed by atoms with E-state index in [1.54, 1.807) is 12.4 Å². The predicted octanol–water partition coefficient (Wildman–Crippen LogP) is 2.11. The van der Waals surface area contributed by atoms with Crippen molar-refractivity contribution >= 4 is 0 Å². The minimum Gasteiger partial charge on any atom is -0.490 e. The monoisotopic (exact) mass is 238 g/mol. The average Bonchev–Trinajstić information content (AvgIpc) is 2.87. The quantitative estimate of drug-likeness (QED) is 0.824. The summed E-state index contributed by atoms with van der Waals surface area (Å²) in [7, 11) is 0. The van der Waals surface area contributed by atoms with Crippen LogP contribution in [0.25, 0.3) is 0 Å². The summed E-state index contributed by atoms with van der Waals surface area (Å²) in [4.78, 5) is 4.11. The van der Waals surface area contributed by atoms with Crippen molar-refractivity contribution in [2.45, 2.75) is 31.7 Å². The molecule has 1 atom stereocenters. The lowest BCUT2D eigenvalue weighted by Gasteiger charge is -2.12. The molecule has 0 radical (unpaired) electrons. The molecule has 1 fully saturated rings. The Morgan fingerprint density at radius 1 is 1.47 bits per heavy atom. The second-order valence-electron chi connectivity index (χ2n) is 4.43. The van der Waals surface area contributed by atoms with Gasteiger partial charge in [-0.15, -0.1) is 0 Å². The van der Waals surface area contributed by atoms with Crippen molar-refractivity contribution in [2.75, 3.05) is 19.8 Å². The van der Waals surface area contributed by atoms with Gasteiger partial charge in [0.05, 0.1) is 12.9 Å². The second-order valence-corrected chi connectivity index (χ2v) is 4.43. The van der Waals surface area contributed by atoms with Crippen molar-refractivity contribution in [2.24, 2.45) is 0 Å². The number of nitrogens with zero attached hydrogens (tertiary/aromatic N) is 1. The number of aryl methyl sites for hydroxylation is 1. The lowest BCUT2D eigenvalue weighted by atomic mass is 10.2. The fraction of sp³-hybridized carbons (Fsp3) is 0.615. The average molecular weight is 238 g/mol. The first-order valence-electron chi connectivity index (χ1n) is 6.24. The summed E-state index contributed by atoms with van der Waals surface area (Å²) in [5.41, 5.74) is 1.04. The minimum absolute atomic E-state index is 0.281. The highest BCUT2D eigenvalue weighted by atomic mass is 19.1. The van der Waals surface area contributed by atoms with E-state index >= 15 is 0 Å². The molecule has 2 heterocycles. The van der Waals surface area contributed by atoms with Gasteiger partial charge in [-0.25, -0.2) is 0 Å². The van der Waals surface area contributed by atoms with Crippen molar-refractivity contribution in [3.8, 4) is 5.75 Å². The third kappa shape index (κ3) is 3.97. The normalized spacial score (nSPS) is 19.5. The molecule has 1 aromatic heterocycles. The van der Waals surface area contributed by atoms with E-state index in [2.05, 4.69) is 10.3 Å². The molecule has 0 spiro atoms. The minimum atomic E-state index is -0.281. The van der Waals surface area contributed by atoms with E-state index in [1.165, 1.54) is 12.8 Å².